The highest BCUT2D eigenvalue weighted by Gasteiger charge is 2.44. The van der Waals surface area contributed by atoms with Crippen LogP contribution in [0.25, 0.3) is 0 Å². The van der Waals surface area contributed by atoms with Crippen molar-refractivity contribution in [1.29, 1.82) is 0 Å². The van der Waals surface area contributed by atoms with E-state index in [1.54, 1.807) is 0 Å². The third-order valence-electron chi connectivity index (χ3n) is 2.16. The second-order valence-corrected chi connectivity index (χ2v) is 3.49. The molecule has 0 radical (unpaired) electrons. The van der Waals surface area contributed by atoms with Crippen molar-refractivity contribution >= 4 is 17.7 Å². The fraction of sp³-hybridized carbons (Fsp3) is 0.200. The van der Waals surface area contributed by atoms with Gasteiger partial charge in [-0.15, -0.1) is 0 Å². The third kappa shape index (κ3) is 2.64. The van der Waals surface area contributed by atoms with Gasteiger partial charge >= 0.3 is 5.97 Å². The number of hydrogen-bond donors (Lipinski definition) is 3. The summed E-state index contributed by atoms with van der Waals surface area (Å²) in [5.41, 5.74) is 7.98. The molecule has 17 heavy (non-hydrogen) atoms. The summed E-state index contributed by atoms with van der Waals surface area (Å²) >= 11 is 0. The zero-order chi connectivity index (χ0) is 13.1. The summed E-state index contributed by atoms with van der Waals surface area (Å²) in [6.45, 7) is 0. The van der Waals surface area contributed by atoms with Crippen LogP contribution in [-0.2, 0) is 9.59 Å². The summed E-state index contributed by atoms with van der Waals surface area (Å²) in [6.07, 6.45) is 1.83. The van der Waals surface area contributed by atoms with Crippen molar-refractivity contribution in [3.8, 4) is 0 Å². The van der Waals surface area contributed by atoms with Crippen molar-refractivity contribution in [3.63, 3.8) is 0 Å². The number of ketones is 1. The Hall–Kier alpha value is -2.28. The Balaban J connectivity index is 3.12. The van der Waals surface area contributed by atoms with Gasteiger partial charge in [0, 0.05) is 18.0 Å². The second-order valence-electron chi connectivity index (χ2n) is 3.49. The number of nitrogens with two attached hydrogens (primary N) is 2. The molecule has 0 saturated heterocycles. The molecular weight excluding hydrogens is 226 g/mol. The topological polar surface area (TPSA) is 136 Å². The van der Waals surface area contributed by atoms with Crippen LogP contribution in [0.2, 0.25) is 0 Å². The number of aliphatic carboxylic acids is 1. The first-order valence-electron chi connectivity index (χ1n) is 4.63. The van der Waals surface area contributed by atoms with Gasteiger partial charge in [-0.25, -0.2) is 4.79 Å². The smallest absolute Gasteiger partial charge is 0.332 e. The molecule has 1 atom stereocenters. The van der Waals surface area contributed by atoms with Crippen LogP contribution >= 0.6 is 0 Å². The van der Waals surface area contributed by atoms with E-state index in [1.165, 1.54) is 24.5 Å². The Morgan fingerprint density at radius 1 is 1.41 bits per heavy atom. The molecule has 90 valence electrons. The number of hydrogen-bond acceptors (Lipinski definition) is 5. The number of carboxylic acid groups (broad SMARTS) is 1. The molecule has 0 aromatic carbocycles. The van der Waals surface area contributed by atoms with Crippen molar-refractivity contribution in [2.45, 2.75) is 12.0 Å². The molecule has 0 spiro atoms. The van der Waals surface area contributed by atoms with Crippen LogP contribution in [0.1, 0.15) is 16.8 Å². The van der Waals surface area contributed by atoms with Crippen molar-refractivity contribution in [2.24, 2.45) is 11.5 Å². The van der Waals surface area contributed by atoms with Gasteiger partial charge in [0.1, 0.15) is 0 Å². The van der Waals surface area contributed by atoms with Gasteiger partial charge in [0.2, 0.25) is 5.91 Å². The normalized spacial score (nSPS) is 13.7. The molecule has 1 rings (SSSR count). The van der Waals surface area contributed by atoms with E-state index in [0.717, 1.165) is 0 Å². The number of primary amides is 1. The molecule has 7 heteroatoms. The number of carbonyl (C=O) groups is 3. The maximum Gasteiger partial charge on any atom is 0.332 e. The largest absolute Gasteiger partial charge is 0.480 e. The fourth-order valence-corrected chi connectivity index (χ4v) is 1.28. The maximum atomic E-state index is 11.9. The third-order valence-corrected chi connectivity index (χ3v) is 2.16. The lowest BCUT2D eigenvalue weighted by Crippen LogP contribution is -2.57. The highest BCUT2D eigenvalue weighted by atomic mass is 16.4. The van der Waals surface area contributed by atoms with Crippen LogP contribution < -0.4 is 11.5 Å². The second kappa shape index (κ2) is 4.71. The van der Waals surface area contributed by atoms with Gasteiger partial charge in [-0.1, -0.05) is 0 Å². The van der Waals surface area contributed by atoms with Crippen molar-refractivity contribution in [2.75, 3.05) is 0 Å². The number of aromatic nitrogens is 1. The minimum absolute atomic E-state index is 0.0126. The number of nitrogens with zero attached hydrogens (tertiary/aromatic N) is 1. The summed E-state index contributed by atoms with van der Waals surface area (Å²) in [5, 5.41) is 8.94. The molecule has 1 heterocycles. The van der Waals surface area contributed by atoms with Crippen LogP contribution in [0.5, 0.6) is 0 Å². The molecule has 0 aliphatic rings. The minimum Gasteiger partial charge on any atom is -0.480 e. The first-order chi connectivity index (χ1) is 7.88. The van der Waals surface area contributed by atoms with Gasteiger partial charge in [0.25, 0.3) is 0 Å². The molecule has 0 aliphatic heterocycles. The summed E-state index contributed by atoms with van der Waals surface area (Å²) < 4.78 is 0. The standard InChI is InChI=1S/C10H11N3O4/c11-7(14)4-10(12,9(16)17)8(15)6-2-1-3-13-5-6/h1-3,5H,4,12H2,(H2,11,14)(H,16,17)/t10-/m1/s1. The van der Waals surface area contributed by atoms with Crippen molar-refractivity contribution < 1.29 is 19.5 Å². The molecule has 1 aromatic rings. The summed E-state index contributed by atoms with van der Waals surface area (Å²) in [7, 11) is 0. The zero-order valence-electron chi connectivity index (χ0n) is 8.79. The predicted molar refractivity (Wildman–Crippen MR) is 56.9 cm³/mol. The van der Waals surface area contributed by atoms with E-state index in [1.807, 2.05) is 0 Å². The maximum absolute atomic E-state index is 11.9. The predicted octanol–water partition coefficient (Wildman–Crippen LogP) is -1.08. The Morgan fingerprint density at radius 2 is 2.06 bits per heavy atom. The molecule has 1 amide bonds. The molecule has 1 aromatic heterocycles. The van der Waals surface area contributed by atoms with Crippen LogP contribution in [0.15, 0.2) is 24.5 Å². The van der Waals surface area contributed by atoms with Crippen LogP contribution in [0, 0.1) is 0 Å². The highest BCUT2D eigenvalue weighted by Crippen LogP contribution is 2.14. The minimum atomic E-state index is -2.35. The Morgan fingerprint density at radius 3 is 2.47 bits per heavy atom. The lowest BCUT2D eigenvalue weighted by atomic mass is 9.87. The number of rotatable bonds is 5. The quantitative estimate of drug-likeness (QED) is 0.440. The van der Waals surface area contributed by atoms with E-state index in [9.17, 15) is 14.4 Å². The number of carboxylic acids is 1. The molecule has 7 nitrogen and oxygen atoms in total. The fourth-order valence-electron chi connectivity index (χ4n) is 1.28. The van der Waals surface area contributed by atoms with Crippen molar-refractivity contribution in [1.82, 2.24) is 4.98 Å². The van der Waals surface area contributed by atoms with E-state index >= 15 is 0 Å². The summed E-state index contributed by atoms with van der Waals surface area (Å²) in [4.78, 5) is 37.3. The number of amides is 1. The molecule has 0 saturated carbocycles. The molecule has 0 bridgehead atoms. The van der Waals surface area contributed by atoms with E-state index in [-0.39, 0.29) is 5.56 Å². The zero-order valence-corrected chi connectivity index (χ0v) is 8.79. The van der Waals surface area contributed by atoms with E-state index in [0.29, 0.717) is 0 Å². The summed E-state index contributed by atoms with van der Waals surface area (Å²) in [6, 6.07) is 2.82. The first kappa shape index (κ1) is 12.8. The monoisotopic (exact) mass is 237 g/mol. The van der Waals surface area contributed by atoms with Gasteiger partial charge in [-0.2, -0.15) is 0 Å². The molecular formula is C10H11N3O4. The van der Waals surface area contributed by atoms with Crippen LogP contribution in [-0.4, -0.2) is 33.3 Å². The molecule has 0 aliphatic carbocycles. The van der Waals surface area contributed by atoms with Gasteiger partial charge in [-0.3, -0.25) is 14.6 Å². The Labute approximate surface area is 96.4 Å². The van der Waals surface area contributed by atoms with E-state index in [4.69, 9.17) is 16.6 Å². The number of carbonyl (C=O) groups excluding carboxylic acids is 2. The highest BCUT2D eigenvalue weighted by molar-refractivity contribution is 6.17. The Bertz CT molecular complexity index is 460. The SMILES string of the molecule is NC(=O)C[C@](N)(C(=O)O)C(=O)c1cccnc1. The summed E-state index contributed by atoms with van der Waals surface area (Å²) in [5.74, 6) is -3.48. The average molecular weight is 237 g/mol. The Kier molecular flexibility index (Phi) is 3.54. The van der Waals surface area contributed by atoms with Gasteiger partial charge in [-0.05, 0) is 12.1 Å². The average Bonchev–Trinajstić information content (AvgIpc) is 2.28. The van der Waals surface area contributed by atoms with Crippen molar-refractivity contribution in [3.05, 3.63) is 30.1 Å². The van der Waals surface area contributed by atoms with Gasteiger partial charge in [0.05, 0.1) is 6.42 Å². The molecule has 0 unspecified atom stereocenters. The molecule has 5 N–H and O–H groups in total. The molecule has 0 fully saturated rings. The number of pyridine rings is 1. The lowest BCUT2D eigenvalue weighted by molar-refractivity contribution is -0.143. The van der Waals surface area contributed by atoms with Crippen LogP contribution in [0.4, 0.5) is 0 Å². The van der Waals surface area contributed by atoms with E-state index < -0.39 is 29.6 Å². The van der Waals surface area contributed by atoms with Gasteiger partial charge in [0.15, 0.2) is 11.3 Å². The van der Waals surface area contributed by atoms with Crippen LogP contribution in [0.3, 0.4) is 0 Å². The first-order valence-corrected chi connectivity index (χ1v) is 4.63. The van der Waals surface area contributed by atoms with E-state index in [2.05, 4.69) is 4.98 Å². The lowest BCUT2D eigenvalue weighted by Gasteiger charge is -2.21. The number of Topliss-reactive ketones (excluding diaryl/α,β-unsaturated/α-hetero) is 1. The van der Waals surface area contributed by atoms with Gasteiger partial charge < -0.3 is 16.6 Å².